The summed E-state index contributed by atoms with van der Waals surface area (Å²) in [5, 5.41) is 13.7. The summed E-state index contributed by atoms with van der Waals surface area (Å²) in [6, 6.07) is -0.868. The van der Waals surface area contributed by atoms with E-state index in [1.54, 1.807) is 6.08 Å². The van der Waals surface area contributed by atoms with E-state index < -0.39 is 20.0 Å². The Morgan fingerprint density at radius 2 is 1.18 bits per heavy atom. The van der Waals surface area contributed by atoms with Gasteiger partial charge in [-0.1, -0.05) is 145 Å². The van der Waals surface area contributed by atoms with Crippen molar-refractivity contribution < 1.29 is 32.9 Å². The molecule has 296 valence electrons. The lowest BCUT2D eigenvalue weighted by Crippen LogP contribution is -2.45. The summed E-state index contributed by atoms with van der Waals surface area (Å²) in [6.45, 7) is 4.63. The maximum absolute atomic E-state index is 12.8. The summed E-state index contributed by atoms with van der Waals surface area (Å²) >= 11 is 0. The molecule has 0 aliphatic rings. The molecule has 8 nitrogen and oxygen atoms in total. The molecule has 0 fully saturated rings. The zero-order valence-corrected chi connectivity index (χ0v) is 34.2. The van der Waals surface area contributed by atoms with Crippen LogP contribution < -0.4 is 5.32 Å². The second-order valence-electron chi connectivity index (χ2n) is 14.6. The van der Waals surface area contributed by atoms with Crippen molar-refractivity contribution in [3.8, 4) is 0 Å². The third kappa shape index (κ3) is 36.4. The standard InChI is InChI=1S/C42H77N2O6P/c1-6-8-10-12-14-16-18-20-22-24-26-28-30-32-34-36-42(46)43-40(39-50-51(47,48)49-38-37-44(3,4)5)41(45)35-33-31-29-27-25-23-21-19-17-15-13-11-9-7-2/h8,10,14,16,20,22,26,28,33,35,40-41,45H,6-7,9,11-13,15,17-19,21,23-25,27,29-32,34,36-39H2,1-5H3,(H-,43,46,47,48)/p+1/b10-8-,16-14-,22-20-,28-26-,35-33+. The Hall–Kier alpha value is -1.80. The van der Waals surface area contributed by atoms with Crippen LogP contribution in [0.1, 0.15) is 149 Å². The molecule has 0 aromatic heterocycles. The highest BCUT2D eigenvalue weighted by atomic mass is 31.2. The number of amides is 1. The van der Waals surface area contributed by atoms with Gasteiger partial charge >= 0.3 is 7.82 Å². The first-order valence-corrected chi connectivity index (χ1v) is 21.7. The van der Waals surface area contributed by atoms with Gasteiger partial charge in [-0.05, 0) is 57.8 Å². The van der Waals surface area contributed by atoms with Gasteiger partial charge in [0.15, 0.2) is 0 Å². The highest BCUT2D eigenvalue weighted by molar-refractivity contribution is 7.47. The van der Waals surface area contributed by atoms with Crippen molar-refractivity contribution in [3.63, 3.8) is 0 Å². The highest BCUT2D eigenvalue weighted by Gasteiger charge is 2.27. The number of aliphatic hydroxyl groups is 1. The number of nitrogens with zero attached hydrogens (tertiary/aromatic N) is 1. The van der Waals surface area contributed by atoms with Gasteiger partial charge < -0.3 is 19.8 Å². The molecule has 0 saturated heterocycles. The molecule has 0 aromatic carbocycles. The van der Waals surface area contributed by atoms with E-state index in [-0.39, 0.29) is 19.1 Å². The van der Waals surface area contributed by atoms with E-state index in [0.717, 1.165) is 57.8 Å². The number of nitrogens with one attached hydrogen (secondary N) is 1. The minimum atomic E-state index is -4.35. The van der Waals surface area contributed by atoms with E-state index in [4.69, 9.17) is 9.05 Å². The average Bonchev–Trinajstić information content (AvgIpc) is 3.07. The van der Waals surface area contributed by atoms with E-state index in [0.29, 0.717) is 23.9 Å². The molecule has 0 aliphatic carbocycles. The van der Waals surface area contributed by atoms with Crippen molar-refractivity contribution in [1.29, 1.82) is 0 Å². The molecule has 0 spiro atoms. The maximum Gasteiger partial charge on any atom is 0.472 e. The molecule has 3 atom stereocenters. The fourth-order valence-corrected chi connectivity index (χ4v) is 6.00. The van der Waals surface area contributed by atoms with Gasteiger partial charge in [-0.25, -0.2) is 4.57 Å². The predicted molar refractivity (Wildman–Crippen MR) is 217 cm³/mol. The fraction of sp³-hybridized carbons (Fsp3) is 0.738. The number of unbranched alkanes of at least 4 members (excludes halogenated alkanes) is 14. The van der Waals surface area contributed by atoms with Crippen LogP contribution in [0.25, 0.3) is 0 Å². The Kier molecular flexibility index (Phi) is 32.8. The van der Waals surface area contributed by atoms with E-state index in [2.05, 4.69) is 67.8 Å². The Bertz CT molecular complexity index is 1020. The molecule has 3 unspecified atom stereocenters. The molecule has 0 radical (unpaired) electrons. The van der Waals surface area contributed by atoms with Crippen LogP contribution in [-0.4, -0.2) is 73.4 Å². The number of phosphoric ester groups is 1. The third-order valence-corrected chi connectivity index (χ3v) is 9.48. The minimum Gasteiger partial charge on any atom is -0.387 e. The molecule has 3 N–H and O–H groups in total. The molecule has 0 aromatic rings. The van der Waals surface area contributed by atoms with Crippen LogP contribution in [0.4, 0.5) is 0 Å². The first-order valence-electron chi connectivity index (χ1n) is 20.2. The van der Waals surface area contributed by atoms with Crippen molar-refractivity contribution in [2.45, 2.75) is 161 Å². The van der Waals surface area contributed by atoms with E-state index in [1.165, 1.54) is 64.2 Å². The van der Waals surface area contributed by atoms with Gasteiger partial charge in [0.1, 0.15) is 13.2 Å². The Balaban J connectivity index is 4.60. The maximum atomic E-state index is 12.8. The summed E-state index contributed by atoms with van der Waals surface area (Å²) in [7, 11) is 1.53. The zero-order valence-electron chi connectivity index (χ0n) is 33.3. The van der Waals surface area contributed by atoms with E-state index >= 15 is 0 Å². The molecule has 0 rings (SSSR count). The van der Waals surface area contributed by atoms with Crippen LogP contribution in [0.3, 0.4) is 0 Å². The second kappa shape index (κ2) is 34.0. The fourth-order valence-electron chi connectivity index (χ4n) is 5.26. The van der Waals surface area contributed by atoms with Crippen LogP contribution >= 0.6 is 7.82 Å². The highest BCUT2D eigenvalue weighted by Crippen LogP contribution is 2.43. The molecular weight excluding hydrogens is 659 g/mol. The number of aliphatic hydroxyl groups excluding tert-OH is 1. The molecule has 51 heavy (non-hydrogen) atoms. The van der Waals surface area contributed by atoms with Crippen molar-refractivity contribution in [2.24, 2.45) is 0 Å². The first-order chi connectivity index (χ1) is 24.5. The smallest absolute Gasteiger partial charge is 0.387 e. The molecule has 0 heterocycles. The number of carbonyl (C=O) groups is 1. The van der Waals surface area contributed by atoms with Crippen LogP contribution in [0.5, 0.6) is 0 Å². The Morgan fingerprint density at radius 1 is 0.686 bits per heavy atom. The number of quaternary nitrogens is 1. The van der Waals surface area contributed by atoms with Crippen molar-refractivity contribution >= 4 is 13.7 Å². The Morgan fingerprint density at radius 3 is 1.73 bits per heavy atom. The van der Waals surface area contributed by atoms with Gasteiger partial charge in [-0.2, -0.15) is 0 Å². The van der Waals surface area contributed by atoms with Crippen molar-refractivity contribution in [2.75, 3.05) is 40.9 Å². The summed E-state index contributed by atoms with van der Waals surface area (Å²) in [5.74, 6) is -0.221. The number of likely N-dealkylation sites (N-methyl/N-ethyl adjacent to an activating group) is 1. The van der Waals surface area contributed by atoms with Gasteiger partial charge in [-0.3, -0.25) is 13.8 Å². The molecule has 0 aliphatic heterocycles. The largest absolute Gasteiger partial charge is 0.472 e. The summed E-state index contributed by atoms with van der Waals surface area (Å²) in [6.07, 6.45) is 42.9. The van der Waals surface area contributed by atoms with Gasteiger partial charge in [0.05, 0.1) is 39.9 Å². The Labute approximate surface area is 313 Å². The molecule has 0 bridgehead atoms. The third-order valence-electron chi connectivity index (χ3n) is 8.49. The monoisotopic (exact) mass is 738 g/mol. The van der Waals surface area contributed by atoms with Gasteiger partial charge in [0.25, 0.3) is 0 Å². The quantitative estimate of drug-likeness (QED) is 0.0259. The summed E-state index contributed by atoms with van der Waals surface area (Å²) in [5.41, 5.74) is 0. The zero-order chi connectivity index (χ0) is 37.9. The van der Waals surface area contributed by atoms with Gasteiger partial charge in [0.2, 0.25) is 5.91 Å². The summed E-state index contributed by atoms with van der Waals surface area (Å²) in [4.78, 5) is 23.0. The van der Waals surface area contributed by atoms with Crippen LogP contribution in [0, 0.1) is 0 Å². The number of hydrogen-bond donors (Lipinski definition) is 3. The lowest BCUT2D eigenvalue weighted by atomic mass is 10.0. The van der Waals surface area contributed by atoms with Gasteiger partial charge in [0, 0.05) is 6.42 Å². The minimum absolute atomic E-state index is 0.0507. The average molecular weight is 738 g/mol. The number of allylic oxidation sites excluding steroid dienone is 9. The lowest BCUT2D eigenvalue weighted by molar-refractivity contribution is -0.870. The molecule has 9 heteroatoms. The van der Waals surface area contributed by atoms with Crippen LogP contribution in [-0.2, 0) is 18.4 Å². The first kappa shape index (κ1) is 49.2. The second-order valence-corrected chi connectivity index (χ2v) is 16.1. The number of carbonyl (C=O) groups excluding carboxylic acids is 1. The number of phosphoric acid groups is 1. The van der Waals surface area contributed by atoms with Crippen molar-refractivity contribution in [1.82, 2.24) is 5.32 Å². The van der Waals surface area contributed by atoms with E-state index in [9.17, 15) is 19.4 Å². The topological polar surface area (TPSA) is 105 Å². The van der Waals surface area contributed by atoms with Gasteiger partial charge in [-0.15, -0.1) is 0 Å². The molecule has 0 saturated carbocycles. The van der Waals surface area contributed by atoms with Crippen LogP contribution in [0.2, 0.25) is 0 Å². The molecule has 1 amide bonds. The lowest BCUT2D eigenvalue weighted by Gasteiger charge is -2.25. The van der Waals surface area contributed by atoms with Crippen molar-refractivity contribution in [3.05, 3.63) is 60.8 Å². The number of rotatable bonds is 35. The van der Waals surface area contributed by atoms with Crippen LogP contribution in [0.15, 0.2) is 60.8 Å². The number of hydrogen-bond acceptors (Lipinski definition) is 5. The normalized spacial score (nSPS) is 15.2. The van der Waals surface area contributed by atoms with E-state index in [1.807, 2.05) is 27.2 Å². The summed E-state index contributed by atoms with van der Waals surface area (Å²) < 4.78 is 23.5. The SMILES string of the molecule is CC/C=C\C/C=C\C/C=C\C/C=C\CCCCC(=O)NC(COP(=O)(O)OCC[N+](C)(C)C)C(O)/C=C/CCCCCCCCCCCCCC. The molecular formula is C42H78N2O6P+. The predicted octanol–water partition coefficient (Wildman–Crippen LogP) is 10.7.